The normalized spacial score (nSPS) is 10.7. The smallest absolute Gasteiger partial charge is 0.315 e. The lowest BCUT2D eigenvalue weighted by Crippen LogP contribution is -2.40. The average molecular weight is 306 g/mol. The van der Waals surface area contributed by atoms with Gasteiger partial charge >= 0.3 is 5.97 Å². The summed E-state index contributed by atoms with van der Waals surface area (Å²) in [6, 6.07) is 6.63. The van der Waals surface area contributed by atoms with E-state index >= 15 is 0 Å². The molecule has 0 spiro atoms. The molecule has 0 radical (unpaired) electrons. The third-order valence-electron chi connectivity index (χ3n) is 2.54. The van der Waals surface area contributed by atoms with Crippen LogP contribution in [0.25, 0.3) is 0 Å². The number of carbonyl (C=O) groups is 3. The predicted octanol–water partition coefficient (Wildman–Crippen LogP) is 2.11. The number of carbonyl (C=O) groups excluding carboxylic acids is 3. The van der Waals surface area contributed by atoms with Crippen LogP contribution in [-0.2, 0) is 14.3 Å². The molecule has 120 valence electrons. The van der Waals surface area contributed by atoms with Gasteiger partial charge in [-0.1, -0.05) is 12.1 Å². The number of rotatable bonds is 5. The minimum atomic E-state index is -0.600. The Bertz CT molecular complexity index is 562. The Morgan fingerprint density at radius 2 is 1.77 bits per heavy atom. The Kier molecular flexibility index (Phi) is 6.10. The second-order valence-corrected chi connectivity index (χ2v) is 5.78. The maximum atomic E-state index is 12.2. The summed E-state index contributed by atoms with van der Waals surface area (Å²) >= 11 is 0. The number of benzene rings is 1. The monoisotopic (exact) mass is 306 g/mol. The van der Waals surface area contributed by atoms with Crippen LogP contribution < -0.4 is 10.6 Å². The van der Waals surface area contributed by atoms with Crippen LogP contribution in [0.2, 0.25) is 0 Å². The first-order valence-electron chi connectivity index (χ1n) is 7.10. The molecule has 2 N–H and O–H groups in total. The van der Waals surface area contributed by atoms with Crippen molar-refractivity contribution in [3.63, 3.8) is 0 Å². The molecule has 0 saturated heterocycles. The molecule has 22 heavy (non-hydrogen) atoms. The van der Waals surface area contributed by atoms with Crippen molar-refractivity contribution in [3.8, 4) is 0 Å². The van der Waals surface area contributed by atoms with Crippen molar-refractivity contribution in [2.24, 2.45) is 0 Å². The first-order valence-corrected chi connectivity index (χ1v) is 7.10. The predicted molar refractivity (Wildman–Crippen MR) is 83.5 cm³/mol. The third kappa shape index (κ3) is 5.95. The van der Waals surface area contributed by atoms with E-state index in [0.29, 0.717) is 11.3 Å². The maximum Gasteiger partial charge on any atom is 0.315 e. The van der Waals surface area contributed by atoms with Gasteiger partial charge in [-0.3, -0.25) is 14.4 Å². The summed E-state index contributed by atoms with van der Waals surface area (Å²) in [5, 5.41) is 5.39. The number of nitrogens with one attached hydrogen (secondary N) is 2. The van der Waals surface area contributed by atoms with Crippen molar-refractivity contribution in [2.75, 3.05) is 11.9 Å². The summed E-state index contributed by atoms with van der Waals surface area (Å²) in [6.45, 7) is 7.49. The molecule has 6 heteroatoms. The van der Waals surface area contributed by atoms with Crippen molar-refractivity contribution in [2.45, 2.75) is 39.7 Å². The van der Waals surface area contributed by atoms with Gasteiger partial charge in [0.05, 0.1) is 17.9 Å². The van der Waals surface area contributed by atoms with Gasteiger partial charge in [-0.25, -0.2) is 0 Å². The molecule has 0 aliphatic carbocycles. The lowest BCUT2D eigenvalue weighted by Gasteiger charge is -2.21. The molecule has 6 nitrogen and oxygen atoms in total. The summed E-state index contributed by atoms with van der Waals surface area (Å²) in [6.07, 6.45) is -0.386. The topological polar surface area (TPSA) is 84.5 Å². The van der Waals surface area contributed by atoms with Crippen LogP contribution in [0.5, 0.6) is 0 Å². The molecular formula is C16H22N2O4. The molecule has 1 aromatic carbocycles. The van der Waals surface area contributed by atoms with Crippen LogP contribution in [0.4, 0.5) is 5.69 Å². The molecule has 1 aromatic rings. The molecule has 1 rings (SSSR count). The zero-order valence-electron chi connectivity index (χ0n) is 13.4. The highest BCUT2D eigenvalue weighted by atomic mass is 16.5. The fraction of sp³-hybridized carbons (Fsp3) is 0.438. The Morgan fingerprint density at radius 1 is 1.14 bits per heavy atom. The summed E-state index contributed by atoms with van der Waals surface area (Å²) in [5.74, 6) is -1.41. The average Bonchev–Trinajstić information content (AvgIpc) is 2.37. The quantitative estimate of drug-likeness (QED) is 0.644. The summed E-state index contributed by atoms with van der Waals surface area (Å²) in [5.41, 5.74) is 0.312. The van der Waals surface area contributed by atoms with Crippen molar-refractivity contribution >= 4 is 23.5 Å². The SMILES string of the molecule is CCOC(=O)CC(=O)Nc1ccccc1C(=O)NC(C)(C)C. The maximum absolute atomic E-state index is 12.2. The van der Waals surface area contributed by atoms with Gasteiger partial charge in [0.1, 0.15) is 6.42 Å². The Morgan fingerprint density at radius 3 is 2.36 bits per heavy atom. The molecule has 0 bridgehead atoms. The molecule has 0 aliphatic rings. The van der Waals surface area contributed by atoms with Crippen LogP contribution in [0.1, 0.15) is 44.5 Å². The van der Waals surface area contributed by atoms with Gasteiger partial charge in [-0.05, 0) is 39.8 Å². The van der Waals surface area contributed by atoms with Crippen LogP contribution in [0.15, 0.2) is 24.3 Å². The highest BCUT2D eigenvalue weighted by molar-refractivity contribution is 6.07. The first-order chi connectivity index (χ1) is 10.2. The van der Waals surface area contributed by atoms with Gasteiger partial charge < -0.3 is 15.4 Å². The van der Waals surface area contributed by atoms with Crippen LogP contribution in [0.3, 0.4) is 0 Å². The second kappa shape index (κ2) is 7.59. The molecule has 0 unspecified atom stereocenters. The molecule has 0 atom stereocenters. The summed E-state index contributed by atoms with van der Waals surface area (Å²) in [4.78, 5) is 35.3. The number of para-hydroxylation sites is 1. The highest BCUT2D eigenvalue weighted by Crippen LogP contribution is 2.16. The Balaban J connectivity index is 2.82. The largest absolute Gasteiger partial charge is 0.466 e. The van der Waals surface area contributed by atoms with E-state index in [4.69, 9.17) is 4.74 Å². The van der Waals surface area contributed by atoms with Gasteiger partial charge in [-0.15, -0.1) is 0 Å². The standard InChI is InChI=1S/C16H22N2O4/c1-5-22-14(20)10-13(19)17-12-9-7-6-8-11(12)15(21)18-16(2,3)4/h6-9H,5,10H2,1-4H3,(H,17,19)(H,18,21). The van der Waals surface area contributed by atoms with Crippen molar-refractivity contribution in [1.29, 1.82) is 0 Å². The highest BCUT2D eigenvalue weighted by Gasteiger charge is 2.19. The molecule has 0 saturated carbocycles. The molecule has 0 aromatic heterocycles. The molecular weight excluding hydrogens is 284 g/mol. The number of ether oxygens (including phenoxy) is 1. The van der Waals surface area contributed by atoms with Gasteiger partial charge in [0.25, 0.3) is 5.91 Å². The Hall–Kier alpha value is -2.37. The van der Waals surface area contributed by atoms with Crippen LogP contribution in [-0.4, -0.2) is 29.9 Å². The van der Waals surface area contributed by atoms with Crippen LogP contribution >= 0.6 is 0 Å². The first kappa shape index (κ1) is 17.7. The fourth-order valence-corrected chi connectivity index (χ4v) is 1.74. The number of hydrogen-bond acceptors (Lipinski definition) is 4. The van der Waals surface area contributed by atoms with E-state index in [1.807, 2.05) is 20.8 Å². The van der Waals surface area contributed by atoms with E-state index in [1.54, 1.807) is 31.2 Å². The number of anilines is 1. The lowest BCUT2D eigenvalue weighted by atomic mass is 10.1. The molecule has 0 fully saturated rings. The minimum absolute atomic E-state index is 0.219. The number of esters is 1. The van der Waals surface area contributed by atoms with E-state index in [1.165, 1.54) is 0 Å². The van der Waals surface area contributed by atoms with E-state index in [0.717, 1.165) is 0 Å². The Labute approximate surface area is 130 Å². The third-order valence-corrected chi connectivity index (χ3v) is 2.54. The number of hydrogen-bond donors (Lipinski definition) is 2. The molecule has 0 heterocycles. The molecule has 0 aliphatic heterocycles. The second-order valence-electron chi connectivity index (χ2n) is 5.78. The minimum Gasteiger partial charge on any atom is -0.466 e. The van der Waals surface area contributed by atoms with E-state index in [9.17, 15) is 14.4 Å². The van der Waals surface area contributed by atoms with Gasteiger partial charge in [-0.2, -0.15) is 0 Å². The molecule has 2 amide bonds. The van der Waals surface area contributed by atoms with Crippen molar-refractivity contribution < 1.29 is 19.1 Å². The van der Waals surface area contributed by atoms with Crippen LogP contribution in [0, 0.1) is 0 Å². The fourth-order valence-electron chi connectivity index (χ4n) is 1.74. The zero-order chi connectivity index (χ0) is 16.8. The van der Waals surface area contributed by atoms with Gasteiger partial charge in [0, 0.05) is 5.54 Å². The van der Waals surface area contributed by atoms with Gasteiger partial charge in [0.15, 0.2) is 0 Å². The van der Waals surface area contributed by atoms with E-state index in [2.05, 4.69) is 10.6 Å². The van der Waals surface area contributed by atoms with Crippen molar-refractivity contribution in [1.82, 2.24) is 5.32 Å². The van der Waals surface area contributed by atoms with E-state index in [-0.39, 0.29) is 24.5 Å². The van der Waals surface area contributed by atoms with Crippen molar-refractivity contribution in [3.05, 3.63) is 29.8 Å². The van der Waals surface area contributed by atoms with Gasteiger partial charge in [0.2, 0.25) is 5.91 Å². The number of amides is 2. The summed E-state index contributed by atoms with van der Waals surface area (Å²) < 4.78 is 4.71. The van der Waals surface area contributed by atoms with E-state index < -0.39 is 11.9 Å². The lowest BCUT2D eigenvalue weighted by molar-refractivity contribution is -0.145. The zero-order valence-corrected chi connectivity index (χ0v) is 13.4. The summed E-state index contributed by atoms with van der Waals surface area (Å²) in [7, 11) is 0.